The smallest absolute Gasteiger partial charge is 0.244 e. The van der Waals surface area contributed by atoms with Crippen LogP contribution < -0.4 is 10.6 Å². The Morgan fingerprint density at radius 2 is 1.91 bits per heavy atom. The van der Waals surface area contributed by atoms with Crippen molar-refractivity contribution in [3.05, 3.63) is 35.9 Å². The highest BCUT2D eigenvalue weighted by molar-refractivity contribution is 8.02. The topological polar surface area (TPSA) is 98.7 Å². The number of hydrogen-bond acceptors (Lipinski definition) is 5. The van der Waals surface area contributed by atoms with Gasteiger partial charge in [0.15, 0.2) is 0 Å². The zero-order valence-electron chi connectivity index (χ0n) is 20.2. The number of hydrogen-bond donors (Lipinski definition) is 3. The average Bonchev–Trinajstić information content (AvgIpc) is 3.42. The Balaban J connectivity index is 1.59. The number of likely N-dealkylation sites (tertiary alicyclic amines) is 1. The van der Waals surface area contributed by atoms with Crippen molar-refractivity contribution in [2.24, 2.45) is 17.8 Å². The molecular formula is C26H37N3O4S. The number of nitrogens with zero attached hydrogens (tertiary/aromatic N) is 1. The summed E-state index contributed by atoms with van der Waals surface area (Å²) in [6.07, 6.45) is 3.92. The van der Waals surface area contributed by atoms with E-state index in [2.05, 4.69) is 24.5 Å². The van der Waals surface area contributed by atoms with Crippen LogP contribution in [-0.2, 0) is 20.9 Å². The molecule has 0 radical (unpaired) electrons. The van der Waals surface area contributed by atoms with E-state index in [0.29, 0.717) is 32.5 Å². The summed E-state index contributed by atoms with van der Waals surface area (Å²) in [5, 5.41) is 15.4. The molecule has 3 heterocycles. The molecule has 0 saturated carbocycles. The van der Waals surface area contributed by atoms with Gasteiger partial charge in [0.2, 0.25) is 17.7 Å². The molecule has 34 heavy (non-hydrogen) atoms. The Hall–Kier alpha value is -2.06. The van der Waals surface area contributed by atoms with Crippen LogP contribution in [0.1, 0.15) is 51.5 Å². The van der Waals surface area contributed by atoms with Crippen LogP contribution in [0.25, 0.3) is 0 Å². The number of nitrogens with one attached hydrogen (secondary N) is 2. The Morgan fingerprint density at radius 3 is 2.62 bits per heavy atom. The molecule has 0 aromatic heterocycles. The normalized spacial score (nSPS) is 31.6. The summed E-state index contributed by atoms with van der Waals surface area (Å²) in [6, 6.07) is 9.20. The van der Waals surface area contributed by atoms with Crippen LogP contribution in [-0.4, -0.2) is 63.5 Å². The highest BCUT2D eigenvalue weighted by atomic mass is 32.2. The van der Waals surface area contributed by atoms with E-state index in [1.54, 1.807) is 16.7 Å². The third-order valence-corrected chi connectivity index (χ3v) is 9.82. The first-order valence-corrected chi connectivity index (χ1v) is 13.5. The Kier molecular flexibility index (Phi) is 7.87. The van der Waals surface area contributed by atoms with Crippen LogP contribution in [0.15, 0.2) is 30.3 Å². The van der Waals surface area contributed by atoms with E-state index in [1.807, 2.05) is 30.3 Å². The number of unbranched alkanes of at least 4 members (excludes halogenated alkanes) is 2. The molecule has 3 fully saturated rings. The van der Waals surface area contributed by atoms with Crippen molar-refractivity contribution in [2.75, 3.05) is 19.7 Å². The maximum absolute atomic E-state index is 13.8. The summed E-state index contributed by atoms with van der Waals surface area (Å²) in [7, 11) is 0. The first-order chi connectivity index (χ1) is 16.5. The molecule has 3 N–H and O–H groups in total. The van der Waals surface area contributed by atoms with Crippen LogP contribution in [0.2, 0.25) is 0 Å². The van der Waals surface area contributed by atoms with Gasteiger partial charge in [-0.25, -0.2) is 0 Å². The minimum atomic E-state index is -0.577. The Morgan fingerprint density at radius 1 is 1.15 bits per heavy atom. The van der Waals surface area contributed by atoms with Crippen LogP contribution in [0.5, 0.6) is 0 Å². The zero-order chi connectivity index (χ0) is 24.3. The first kappa shape index (κ1) is 25.0. The first-order valence-electron chi connectivity index (χ1n) is 12.6. The third kappa shape index (κ3) is 4.35. The molecule has 2 bridgehead atoms. The van der Waals surface area contributed by atoms with Crippen molar-refractivity contribution in [1.82, 2.24) is 15.5 Å². The van der Waals surface area contributed by atoms with E-state index in [9.17, 15) is 19.5 Å². The van der Waals surface area contributed by atoms with E-state index >= 15 is 0 Å². The molecule has 7 nitrogen and oxygen atoms in total. The van der Waals surface area contributed by atoms with Crippen molar-refractivity contribution in [3.8, 4) is 0 Å². The molecule has 1 aromatic rings. The standard InChI is InChI=1S/C26H37N3O4S/c1-3-4-12-27-24(32)22-26-17(2)15-19(34-26)20(21(26)25(33)29(22)13-8-9-14-30)23(31)28-16-18-10-6-5-7-11-18/h5-7,10-11,17,19-22,30H,3-4,8-9,12-16H2,1-2H3,(H,27,32)(H,28,31)/t17?,19-,20+,21-,22?,26?/m0/s1. The molecule has 8 heteroatoms. The number of amides is 3. The quantitative estimate of drug-likeness (QED) is 0.416. The maximum atomic E-state index is 13.8. The summed E-state index contributed by atoms with van der Waals surface area (Å²) >= 11 is 1.70. The molecular weight excluding hydrogens is 450 g/mol. The summed E-state index contributed by atoms with van der Waals surface area (Å²) in [4.78, 5) is 42.5. The van der Waals surface area contributed by atoms with Crippen LogP contribution >= 0.6 is 11.8 Å². The maximum Gasteiger partial charge on any atom is 0.244 e. The Bertz CT molecular complexity index is 897. The number of thioether (sulfide) groups is 1. The molecule has 6 atom stereocenters. The molecule has 1 aromatic carbocycles. The average molecular weight is 488 g/mol. The third-order valence-electron chi connectivity index (χ3n) is 7.74. The molecule has 0 aliphatic carbocycles. The number of aliphatic hydroxyl groups is 1. The van der Waals surface area contributed by atoms with Gasteiger partial charge in [0, 0.05) is 31.5 Å². The Labute approximate surface area is 206 Å². The molecule has 186 valence electrons. The molecule has 1 spiro atoms. The van der Waals surface area contributed by atoms with Crippen molar-refractivity contribution >= 4 is 29.5 Å². The number of carbonyl (C=O) groups is 3. The van der Waals surface area contributed by atoms with Gasteiger partial charge in [-0.3, -0.25) is 14.4 Å². The molecule has 3 saturated heterocycles. The number of carbonyl (C=O) groups excluding carboxylic acids is 3. The molecule has 3 unspecified atom stereocenters. The summed E-state index contributed by atoms with van der Waals surface area (Å²) in [6.45, 7) is 5.72. The SMILES string of the molecule is CCCCNC(=O)C1N(CCCCO)C(=O)[C@@H]2[C@H](C(=O)NCc3ccccc3)[C@@H]3CC(C)C12S3. The van der Waals surface area contributed by atoms with Gasteiger partial charge in [-0.05, 0) is 37.2 Å². The van der Waals surface area contributed by atoms with Gasteiger partial charge < -0.3 is 20.6 Å². The van der Waals surface area contributed by atoms with E-state index in [0.717, 1.165) is 24.8 Å². The second kappa shape index (κ2) is 10.7. The van der Waals surface area contributed by atoms with Gasteiger partial charge in [-0.2, -0.15) is 0 Å². The number of rotatable bonds is 11. The molecule has 3 amide bonds. The van der Waals surface area contributed by atoms with Crippen molar-refractivity contribution in [3.63, 3.8) is 0 Å². The fourth-order valence-electron chi connectivity index (χ4n) is 6.14. The fourth-order valence-corrected chi connectivity index (χ4v) is 8.56. The summed E-state index contributed by atoms with van der Waals surface area (Å²) in [5.74, 6) is -1.01. The minimum Gasteiger partial charge on any atom is -0.396 e. The van der Waals surface area contributed by atoms with Crippen molar-refractivity contribution < 1.29 is 19.5 Å². The largest absolute Gasteiger partial charge is 0.396 e. The van der Waals surface area contributed by atoms with Crippen LogP contribution in [0, 0.1) is 17.8 Å². The summed E-state index contributed by atoms with van der Waals surface area (Å²) in [5.41, 5.74) is 1.02. The number of aliphatic hydroxyl groups excluding tert-OH is 1. The summed E-state index contributed by atoms with van der Waals surface area (Å²) < 4.78 is -0.577. The zero-order valence-corrected chi connectivity index (χ0v) is 21.0. The number of fused-ring (bicyclic) bond motifs is 1. The van der Waals surface area contributed by atoms with Gasteiger partial charge in [0.25, 0.3) is 0 Å². The molecule has 3 aliphatic heterocycles. The van der Waals surface area contributed by atoms with E-state index in [1.165, 1.54) is 0 Å². The van der Waals surface area contributed by atoms with Crippen LogP contribution in [0.4, 0.5) is 0 Å². The second-order valence-corrected chi connectivity index (χ2v) is 11.4. The van der Waals surface area contributed by atoms with Gasteiger partial charge >= 0.3 is 0 Å². The van der Waals surface area contributed by atoms with Crippen molar-refractivity contribution in [2.45, 2.75) is 68.5 Å². The van der Waals surface area contributed by atoms with Crippen molar-refractivity contribution in [1.29, 1.82) is 0 Å². The monoisotopic (exact) mass is 487 g/mol. The van der Waals surface area contributed by atoms with E-state index < -0.39 is 22.6 Å². The lowest BCUT2D eigenvalue weighted by molar-refractivity contribution is -0.140. The predicted molar refractivity (Wildman–Crippen MR) is 133 cm³/mol. The second-order valence-electron chi connectivity index (χ2n) is 9.86. The van der Waals surface area contributed by atoms with E-state index in [4.69, 9.17) is 0 Å². The van der Waals surface area contributed by atoms with Gasteiger partial charge in [0.05, 0.1) is 16.6 Å². The lowest BCUT2D eigenvalue weighted by atomic mass is 9.66. The van der Waals surface area contributed by atoms with Gasteiger partial charge in [-0.1, -0.05) is 50.6 Å². The minimum absolute atomic E-state index is 0.0465. The molecule has 3 aliphatic rings. The lowest BCUT2D eigenvalue weighted by Gasteiger charge is -2.38. The lowest BCUT2D eigenvalue weighted by Crippen LogP contribution is -2.56. The number of benzene rings is 1. The predicted octanol–water partition coefficient (Wildman–Crippen LogP) is 2.33. The highest BCUT2D eigenvalue weighted by Gasteiger charge is 2.75. The van der Waals surface area contributed by atoms with Gasteiger partial charge in [0.1, 0.15) is 6.04 Å². The van der Waals surface area contributed by atoms with Crippen LogP contribution in [0.3, 0.4) is 0 Å². The molecule has 4 rings (SSSR count). The van der Waals surface area contributed by atoms with E-state index in [-0.39, 0.29) is 35.5 Å². The van der Waals surface area contributed by atoms with Gasteiger partial charge in [-0.15, -0.1) is 11.8 Å². The fraction of sp³-hybridized carbons (Fsp3) is 0.654. The highest BCUT2D eigenvalue weighted by Crippen LogP contribution is 2.68.